The van der Waals surface area contributed by atoms with Gasteiger partial charge in [0, 0.05) is 12.6 Å². The van der Waals surface area contributed by atoms with Gasteiger partial charge in [0.2, 0.25) is 0 Å². The third kappa shape index (κ3) is 4.75. The van der Waals surface area contributed by atoms with Gasteiger partial charge < -0.3 is 20.8 Å². The van der Waals surface area contributed by atoms with Crippen LogP contribution >= 0.6 is 12.2 Å². The van der Waals surface area contributed by atoms with Crippen molar-refractivity contribution < 1.29 is 23.4 Å². The minimum atomic E-state index is -4.36. The number of phenolic OH excluding ortho intramolecular Hbond substituents is 2. The molecule has 4 N–H and O–H groups in total. The van der Waals surface area contributed by atoms with E-state index in [1.807, 2.05) is 0 Å². The van der Waals surface area contributed by atoms with Crippen LogP contribution in [-0.4, -0.2) is 15.3 Å². The summed E-state index contributed by atoms with van der Waals surface area (Å²) in [6.07, 6.45) is -4.36. The van der Waals surface area contributed by atoms with E-state index in [1.165, 1.54) is 24.3 Å². The van der Waals surface area contributed by atoms with Crippen LogP contribution in [0.3, 0.4) is 0 Å². The molecule has 4 nitrogen and oxygen atoms in total. The lowest BCUT2D eigenvalue weighted by molar-refractivity contribution is -0.137. The molecule has 2 rings (SSSR count). The van der Waals surface area contributed by atoms with Gasteiger partial charge in [0.1, 0.15) is 11.5 Å². The Bertz CT molecular complexity index is 703. The number of alkyl halides is 3. The van der Waals surface area contributed by atoms with Gasteiger partial charge in [-0.3, -0.25) is 0 Å². The molecule has 8 heteroatoms. The molecule has 0 aliphatic heterocycles. The molecule has 0 saturated carbocycles. The van der Waals surface area contributed by atoms with Crippen molar-refractivity contribution in [1.29, 1.82) is 0 Å². The Labute approximate surface area is 135 Å². The van der Waals surface area contributed by atoms with Gasteiger partial charge in [-0.1, -0.05) is 12.1 Å². The van der Waals surface area contributed by atoms with Crippen LogP contribution < -0.4 is 10.6 Å². The number of thiocarbonyl (C=S) groups is 1. The molecule has 0 aliphatic carbocycles. The molecule has 0 fully saturated rings. The number of hydrogen-bond acceptors (Lipinski definition) is 3. The maximum Gasteiger partial charge on any atom is 0.416 e. The standard InChI is InChI=1S/C15H13F3N2O2S/c16-15(17,18)10-3-1-9(2-4-10)8-19-14(23)20-12-6-5-11(21)7-13(12)22/h1-7,21-22H,8H2,(H2,19,20,23). The van der Waals surface area contributed by atoms with Crippen LogP contribution in [0.2, 0.25) is 0 Å². The summed E-state index contributed by atoms with van der Waals surface area (Å²) in [6.45, 7) is 0.225. The molecule has 0 bridgehead atoms. The number of anilines is 1. The van der Waals surface area contributed by atoms with Gasteiger partial charge in [-0.05, 0) is 42.0 Å². The van der Waals surface area contributed by atoms with Gasteiger partial charge in [-0.25, -0.2) is 0 Å². The number of benzene rings is 2. The van der Waals surface area contributed by atoms with Crippen LogP contribution in [0.25, 0.3) is 0 Å². The predicted octanol–water partition coefficient (Wildman–Crippen LogP) is 3.60. The van der Waals surface area contributed by atoms with Crippen molar-refractivity contribution in [1.82, 2.24) is 5.32 Å². The lowest BCUT2D eigenvalue weighted by Crippen LogP contribution is -2.27. The minimum Gasteiger partial charge on any atom is -0.508 e. The molecule has 0 atom stereocenters. The first-order valence-electron chi connectivity index (χ1n) is 6.48. The largest absolute Gasteiger partial charge is 0.508 e. The molecule has 0 aliphatic rings. The zero-order chi connectivity index (χ0) is 17.0. The minimum absolute atomic E-state index is 0.0864. The predicted molar refractivity (Wildman–Crippen MR) is 84.3 cm³/mol. The van der Waals surface area contributed by atoms with Gasteiger partial charge in [-0.2, -0.15) is 13.2 Å². The average Bonchev–Trinajstić information content (AvgIpc) is 2.47. The molecule has 0 heterocycles. The summed E-state index contributed by atoms with van der Waals surface area (Å²) in [5.74, 6) is -0.264. The highest BCUT2D eigenvalue weighted by atomic mass is 32.1. The Kier molecular flexibility index (Phi) is 4.95. The van der Waals surface area contributed by atoms with E-state index in [0.29, 0.717) is 11.3 Å². The highest BCUT2D eigenvalue weighted by molar-refractivity contribution is 7.80. The van der Waals surface area contributed by atoms with E-state index in [-0.39, 0.29) is 23.2 Å². The summed E-state index contributed by atoms with van der Waals surface area (Å²) >= 11 is 5.04. The Morgan fingerprint density at radius 2 is 1.70 bits per heavy atom. The van der Waals surface area contributed by atoms with Crippen molar-refractivity contribution in [3.63, 3.8) is 0 Å². The lowest BCUT2D eigenvalue weighted by atomic mass is 10.1. The van der Waals surface area contributed by atoms with E-state index < -0.39 is 11.7 Å². The van der Waals surface area contributed by atoms with Crippen LogP contribution in [0.4, 0.5) is 18.9 Å². The van der Waals surface area contributed by atoms with E-state index in [4.69, 9.17) is 12.2 Å². The number of rotatable bonds is 3. The fourth-order valence-corrected chi connectivity index (χ4v) is 1.97. The van der Waals surface area contributed by atoms with Crippen LogP contribution in [0, 0.1) is 0 Å². The molecule has 23 heavy (non-hydrogen) atoms. The van der Waals surface area contributed by atoms with Gasteiger partial charge in [-0.15, -0.1) is 0 Å². The lowest BCUT2D eigenvalue weighted by Gasteiger charge is -2.12. The number of aromatic hydroxyl groups is 2. The Morgan fingerprint density at radius 3 is 2.26 bits per heavy atom. The van der Waals surface area contributed by atoms with E-state index >= 15 is 0 Å². The average molecular weight is 342 g/mol. The molecule has 0 saturated heterocycles. The second kappa shape index (κ2) is 6.74. The van der Waals surface area contributed by atoms with E-state index in [0.717, 1.165) is 18.2 Å². The molecule has 0 unspecified atom stereocenters. The topological polar surface area (TPSA) is 64.5 Å². The van der Waals surface area contributed by atoms with Gasteiger partial charge in [0.15, 0.2) is 5.11 Å². The normalized spacial score (nSPS) is 11.1. The van der Waals surface area contributed by atoms with E-state index in [2.05, 4.69) is 10.6 Å². The Hall–Kier alpha value is -2.48. The smallest absolute Gasteiger partial charge is 0.416 e. The molecule has 2 aromatic carbocycles. The number of phenols is 2. The van der Waals surface area contributed by atoms with Crippen molar-refractivity contribution in [2.75, 3.05) is 5.32 Å². The first-order chi connectivity index (χ1) is 10.8. The summed E-state index contributed by atoms with van der Waals surface area (Å²) in [7, 11) is 0. The fourth-order valence-electron chi connectivity index (χ4n) is 1.79. The SMILES string of the molecule is Oc1ccc(NC(=S)NCc2ccc(C(F)(F)F)cc2)c(O)c1. The molecular formula is C15H13F3N2O2S. The van der Waals surface area contributed by atoms with Gasteiger partial charge in [0.25, 0.3) is 0 Å². The van der Waals surface area contributed by atoms with Crippen LogP contribution in [0.1, 0.15) is 11.1 Å². The van der Waals surface area contributed by atoms with Crippen LogP contribution in [0.5, 0.6) is 11.5 Å². The van der Waals surface area contributed by atoms with Gasteiger partial charge >= 0.3 is 6.18 Å². The molecule has 0 spiro atoms. The molecule has 122 valence electrons. The quantitative estimate of drug-likeness (QED) is 0.390. The van der Waals surface area contributed by atoms with Crippen molar-refractivity contribution in [2.45, 2.75) is 12.7 Å². The van der Waals surface area contributed by atoms with Crippen molar-refractivity contribution in [3.8, 4) is 11.5 Å². The zero-order valence-electron chi connectivity index (χ0n) is 11.7. The van der Waals surface area contributed by atoms with Crippen molar-refractivity contribution in [2.24, 2.45) is 0 Å². The molecule has 2 aromatic rings. The highest BCUT2D eigenvalue weighted by Crippen LogP contribution is 2.29. The second-order valence-electron chi connectivity index (χ2n) is 4.70. The Morgan fingerprint density at radius 1 is 1.04 bits per heavy atom. The first-order valence-corrected chi connectivity index (χ1v) is 6.89. The van der Waals surface area contributed by atoms with E-state index in [9.17, 15) is 23.4 Å². The van der Waals surface area contributed by atoms with E-state index in [1.54, 1.807) is 0 Å². The third-order valence-electron chi connectivity index (χ3n) is 2.96. The third-order valence-corrected chi connectivity index (χ3v) is 3.21. The monoisotopic (exact) mass is 342 g/mol. The number of hydrogen-bond donors (Lipinski definition) is 4. The molecule has 0 amide bonds. The zero-order valence-corrected chi connectivity index (χ0v) is 12.5. The summed E-state index contributed by atoms with van der Waals surface area (Å²) < 4.78 is 37.4. The second-order valence-corrected chi connectivity index (χ2v) is 5.11. The molecular weight excluding hydrogens is 329 g/mol. The van der Waals surface area contributed by atoms with Crippen molar-refractivity contribution in [3.05, 3.63) is 53.6 Å². The number of nitrogens with one attached hydrogen (secondary N) is 2. The summed E-state index contributed by atoms with van der Waals surface area (Å²) in [6, 6.07) is 8.68. The van der Waals surface area contributed by atoms with Crippen LogP contribution in [0.15, 0.2) is 42.5 Å². The number of halogens is 3. The molecule has 0 aromatic heterocycles. The maximum absolute atomic E-state index is 12.5. The van der Waals surface area contributed by atoms with Gasteiger partial charge in [0.05, 0.1) is 11.3 Å². The summed E-state index contributed by atoms with van der Waals surface area (Å²) in [5, 5.41) is 24.5. The fraction of sp³-hybridized carbons (Fsp3) is 0.133. The Balaban J connectivity index is 1.91. The maximum atomic E-state index is 12.5. The van der Waals surface area contributed by atoms with Crippen LogP contribution in [-0.2, 0) is 12.7 Å². The van der Waals surface area contributed by atoms with Crippen molar-refractivity contribution >= 4 is 23.0 Å². The summed E-state index contributed by atoms with van der Waals surface area (Å²) in [4.78, 5) is 0. The molecule has 0 radical (unpaired) electrons. The highest BCUT2D eigenvalue weighted by Gasteiger charge is 2.29. The summed E-state index contributed by atoms with van der Waals surface area (Å²) in [5.41, 5.74) is 0.209. The first kappa shape index (κ1) is 16.9.